The summed E-state index contributed by atoms with van der Waals surface area (Å²) in [6, 6.07) is 5.33. The van der Waals surface area contributed by atoms with E-state index in [0.29, 0.717) is 16.7 Å². The van der Waals surface area contributed by atoms with E-state index in [1.54, 1.807) is 18.2 Å². The van der Waals surface area contributed by atoms with Crippen LogP contribution in [0.4, 0.5) is 0 Å². The van der Waals surface area contributed by atoms with Crippen molar-refractivity contribution >= 4 is 16.8 Å². The standard InChI is InChI=1S/C16H19N3O3/c1-22-11-4-5-14-12(7-11)15(20)13(8-18-14)16(21)19-10-3-2-9(17)6-10/h4-5,7-10H,2-3,6,17H2,1H3,(H,18,20)(H,19,21)/t9-,10-/m0/s1. The Labute approximate surface area is 127 Å². The number of hydrogen-bond acceptors (Lipinski definition) is 4. The van der Waals surface area contributed by atoms with Gasteiger partial charge in [0, 0.05) is 29.2 Å². The van der Waals surface area contributed by atoms with Crippen molar-refractivity contribution in [3.8, 4) is 5.75 Å². The van der Waals surface area contributed by atoms with Crippen LogP contribution in [0.3, 0.4) is 0 Å². The molecule has 1 aromatic carbocycles. The van der Waals surface area contributed by atoms with Gasteiger partial charge in [0.1, 0.15) is 11.3 Å². The van der Waals surface area contributed by atoms with Crippen molar-refractivity contribution in [2.75, 3.05) is 7.11 Å². The zero-order valence-corrected chi connectivity index (χ0v) is 12.4. The van der Waals surface area contributed by atoms with Gasteiger partial charge in [-0.05, 0) is 37.5 Å². The summed E-state index contributed by atoms with van der Waals surface area (Å²) in [6.07, 6.45) is 3.97. The first kappa shape index (κ1) is 14.6. The number of nitrogens with two attached hydrogens (primary N) is 1. The molecule has 1 aliphatic rings. The van der Waals surface area contributed by atoms with Crippen molar-refractivity contribution in [1.29, 1.82) is 0 Å². The van der Waals surface area contributed by atoms with Gasteiger partial charge >= 0.3 is 0 Å². The molecule has 0 radical (unpaired) electrons. The number of benzene rings is 1. The fraction of sp³-hybridized carbons (Fsp3) is 0.375. The molecule has 0 spiro atoms. The number of ether oxygens (including phenoxy) is 1. The van der Waals surface area contributed by atoms with Crippen LogP contribution in [0.15, 0.2) is 29.2 Å². The van der Waals surface area contributed by atoms with Crippen molar-refractivity contribution in [2.24, 2.45) is 5.73 Å². The largest absolute Gasteiger partial charge is 0.497 e. The minimum atomic E-state index is -0.356. The monoisotopic (exact) mass is 301 g/mol. The molecule has 6 heteroatoms. The number of fused-ring (bicyclic) bond motifs is 1. The quantitative estimate of drug-likeness (QED) is 0.792. The third kappa shape index (κ3) is 2.69. The van der Waals surface area contributed by atoms with E-state index >= 15 is 0 Å². The molecule has 1 heterocycles. The Morgan fingerprint density at radius 2 is 2.23 bits per heavy atom. The van der Waals surface area contributed by atoms with Gasteiger partial charge < -0.3 is 20.8 Å². The number of pyridine rings is 1. The summed E-state index contributed by atoms with van der Waals surface area (Å²) in [4.78, 5) is 27.8. The summed E-state index contributed by atoms with van der Waals surface area (Å²) >= 11 is 0. The van der Waals surface area contributed by atoms with Crippen LogP contribution in [0.2, 0.25) is 0 Å². The molecule has 2 aromatic rings. The molecule has 4 N–H and O–H groups in total. The number of aromatic amines is 1. The van der Waals surface area contributed by atoms with E-state index in [1.807, 2.05) is 0 Å². The lowest BCUT2D eigenvalue weighted by atomic mass is 10.1. The van der Waals surface area contributed by atoms with Crippen LogP contribution < -0.4 is 21.2 Å². The maximum atomic E-state index is 12.5. The lowest BCUT2D eigenvalue weighted by molar-refractivity contribution is 0.0936. The van der Waals surface area contributed by atoms with E-state index in [9.17, 15) is 9.59 Å². The number of rotatable bonds is 3. The van der Waals surface area contributed by atoms with Crippen LogP contribution in [0.5, 0.6) is 5.75 Å². The van der Waals surface area contributed by atoms with Crippen molar-refractivity contribution in [1.82, 2.24) is 10.3 Å². The molecular formula is C16H19N3O3. The maximum absolute atomic E-state index is 12.5. The molecule has 22 heavy (non-hydrogen) atoms. The summed E-state index contributed by atoms with van der Waals surface area (Å²) in [6.45, 7) is 0. The minimum Gasteiger partial charge on any atom is -0.497 e. The zero-order chi connectivity index (χ0) is 15.7. The van der Waals surface area contributed by atoms with Crippen LogP contribution in [0, 0.1) is 0 Å². The van der Waals surface area contributed by atoms with Gasteiger partial charge in [-0.3, -0.25) is 9.59 Å². The maximum Gasteiger partial charge on any atom is 0.256 e. The molecule has 0 unspecified atom stereocenters. The number of amides is 1. The number of nitrogens with one attached hydrogen (secondary N) is 2. The van der Waals surface area contributed by atoms with E-state index in [2.05, 4.69) is 10.3 Å². The molecule has 1 aliphatic carbocycles. The highest BCUT2D eigenvalue weighted by Crippen LogP contribution is 2.18. The molecule has 6 nitrogen and oxygen atoms in total. The number of hydrogen-bond donors (Lipinski definition) is 3. The van der Waals surface area contributed by atoms with Crippen LogP contribution in [-0.4, -0.2) is 30.1 Å². The smallest absolute Gasteiger partial charge is 0.256 e. The van der Waals surface area contributed by atoms with Gasteiger partial charge in [0.15, 0.2) is 0 Å². The fourth-order valence-corrected chi connectivity index (χ4v) is 2.90. The molecule has 1 amide bonds. The molecule has 116 valence electrons. The SMILES string of the molecule is COc1ccc2[nH]cc(C(=O)N[C@H]3CC[C@H](N)C3)c(=O)c2c1. The fourth-order valence-electron chi connectivity index (χ4n) is 2.90. The van der Waals surface area contributed by atoms with Gasteiger partial charge in [-0.15, -0.1) is 0 Å². The molecule has 0 bridgehead atoms. The Balaban J connectivity index is 1.91. The average Bonchev–Trinajstić information content (AvgIpc) is 2.92. The molecule has 1 aromatic heterocycles. The Morgan fingerprint density at radius 1 is 1.41 bits per heavy atom. The summed E-state index contributed by atoms with van der Waals surface area (Å²) in [5.74, 6) is 0.224. The molecule has 2 atom stereocenters. The van der Waals surface area contributed by atoms with Gasteiger partial charge in [-0.2, -0.15) is 0 Å². The van der Waals surface area contributed by atoms with E-state index in [-0.39, 0.29) is 29.0 Å². The third-order valence-electron chi connectivity index (χ3n) is 4.14. The normalized spacial score (nSPS) is 21.0. The second kappa shape index (κ2) is 5.81. The molecule has 1 fully saturated rings. The number of H-pyrrole nitrogens is 1. The highest BCUT2D eigenvalue weighted by Gasteiger charge is 2.24. The van der Waals surface area contributed by atoms with E-state index in [0.717, 1.165) is 19.3 Å². The summed E-state index contributed by atoms with van der Waals surface area (Å²) in [7, 11) is 1.54. The lowest BCUT2D eigenvalue weighted by Gasteiger charge is -2.12. The zero-order valence-electron chi connectivity index (χ0n) is 12.4. The van der Waals surface area contributed by atoms with E-state index < -0.39 is 0 Å². The van der Waals surface area contributed by atoms with Crippen LogP contribution in [0.1, 0.15) is 29.6 Å². The van der Waals surface area contributed by atoms with E-state index in [1.165, 1.54) is 13.3 Å². The first-order valence-electron chi connectivity index (χ1n) is 7.34. The topological polar surface area (TPSA) is 97.2 Å². The van der Waals surface area contributed by atoms with Gasteiger partial charge in [-0.1, -0.05) is 0 Å². The second-order valence-electron chi connectivity index (χ2n) is 5.69. The summed E-state index contributed by atoms with van der Waals surface area (Å²) < 4.78 is 5.13. The molecule has 3 rings (SSSR count). The van der Waals surface area contributed by atoms with Crippen LogP contribution in [-0.2, 0) is 0 Å². The van der Waals surface area contributed by atoms with Crippen LogP contribution >= 0.6 is 0 Å². The lowest BCUT2D eigenvalue weighted by Crippen LogP contribution is -2.36. The van der Waals surface area contributed by atoms with Gasteiger partial charge in [0.05, 0.1) is 7.11 Å². The molecular weight excluding hydrogens is 282 g/mol. The minimum absolute atomic E-state index is 0.0444. The van der Waals surface area contributed by atoms with Gasteiger partial charge in [0.25, 0.3) is 5.91 Å². The van der Waals surface area contributed by atoms with Crippen molar-refractivity contribution in [3.05, 3.63) is 40.2 Å². The van der Waals surface area contributed by atoms with Crippen molar-refractivity contribution in [2.45, 2.75) is 31.3 Å². The Morgan fingerprint density at radius 3 is 2.91 bits per heavy atom. The Bertz CT molecular complexity index is 769. The van der Waals surface area contributed by atoms with Crippen molar-refractivity contribution < 1.29 is 9.53 Å². The molecule has 0 aliphatic heterocycles. The predicted octanol–water partition coefficient (Wildman–Crippen LogP) is 1.15. The molecule has 0 saturated heterocycles. The summed E-state index contributed by atoms with van der Waals surface area (Å²) in [5, 5.41) is 3.33. The highest BCUT2D eigenvalue weighted by molar-refractivity contribution is 5.97. The Hall–Kier alpha value is -2.34. The van der Waals surface area contributed by atoms with Crippen molar-refractivity contribution in [3.63, 3.8) is 0 Å². The predicted molar refractivity (Wildman–Crippen MR) is 84.2 cm³/mol. The highest BCUT2D eigenvalue weighted by atomic mass is 16.5. The second-order valence-corrected chi connectivity index (χ2v) is 5.69. The Kier molecular flexibility index (Phi) is 3.85. The average molecular weight is 301 g/mol. The summed E-state index contributed by atoms with van der Waals surface area (Å²) in [5.41, 5.74) is 6.33. The number of aromatic nitrogens is 1. The van der Waals surface area contributed by atoms with Gasteiger partial charge in [0.2, 0.25) is 5.43 Å². The van der Waals surface area contributed by atoms with E-state index in [4.69, 9.17) is 10.5 Å². The molecule has 1 saturated carbocycles. The first-order valence-corrected chi connectivity index (χ1v) is 7.34. The van der Waals surface area contributed by atoms with Crippen LogP contribution in [0.25, 0.3) is 10.9 Å². The number of carbonyl (C=O) groups excluding carboxylic acids is 1. The third-order valence-corrected chi connectivity index (χ3v) is 4.14. The van der Waals surface area contributed by atoms with Gasteiger partial charge in [-0.25, -0.2) is 0 Å². The first-order chi connectivity index (χ1) is 10.6. The number of carbonyl (C=O) groups is 1. The number of methoxy groups -OCH3 is 1.